The van der Waals surface area contributed by atoms with E-state index in [1.54, 1.807) is 0 Å². The number of fused-ring (bicyclic) bond motifs is 14. The van der Waals surface area contributed by atoms with E-state index in [1.807, 2.05) is 0 Å². The zero-order valence-corrected chi connectivity index (χ0v) is 41.4. The Balaban J connectivity index is 1.03. The van der Waals surface area contributed by atoms with Crippen molar-refractivity contribution in [2.24, 2.45) is 0 Å². The smallest absolute Gasteiger partial charge is 0.0468 e. The number of nitrogens with zero attached hydrogens (tertiary/aromatic N) is 2. The van der Waals surface area contributed by atoms with Crippen molar-refractivity contribution in [1.29, 1.82) is 0 Å². The largest absolute Gasteiger partial charge is 0.310 e. The molecule has 0 aliphatic rings. The van der Waals surface area contributed by atoms with Crippen LogP contribution in [-0.4, -0.2) is 0 Å². The molecule has 2 heteroatoms. The van der Waals surface area contributed by atoms with Gasteiger partial charge in [-0.3, -0.25) is 0 Å². The van der Waals surface area contributed by atoms with Crippen LogP contribution >= 0.6 is 0 Å². The first-order valence-corrected chi connectivity index (χ1v) is 25.9. The molecule has 0 saturated heterocycles. The Kier molecular flexibility index (Phi) is 10.7. The molecule has 0 amide bonds. The molecule has 0 aliphatic carbocycles. The van der Waals surface area contributed by atoms with E-state index >= 15 is 0 Å². The molecule has 0 radical (unpaired) electrons. The van der Waals surface area contributed by atoms with Crippen molar-refractivity contribution in [2.75, 3.05) is 9.80 Å². The summed E-state index contributed by atoms with van der Waals surface area (Å²) in [4.78, 5) is 4.91. The molecule has 0 heterocycles. The first-order valence-electron chi connectivity index (χ1n) is 25.9. The van der Waals surface area contributed by atoms with Gasteiger partial charge in [-0.25, -0.2) is 0 Å². The fraction of sp³-hybridized carbons (Fsp3) is 0.114. The van der Waals surface area contributed by atoms with Crippen LogP contribution in [0.4, 0.5) is 34.1 Å². The zero-order chi connectivity index (χ0) is 48.5. The monoisotopic (exact) mass is 924 g/mol. The predicted octanol–water partition coefficient (Wildman–Crippen LogP) is 20.9. The number of rotatable bonds is 10. The first-order chi connectivity index (χ1) is 35.4. The summed E-state index contributed by atoms with van der Waals surface area (Å²) in [6, 6.07) is 86.8. The zero-order valence-electron chi connectivity index (χ0n) is 41.4. The van der Waals surface area contributed by atoms with Crippen LogP contribution in [-0.2, 0) is 0 Å². The van der Waals surface area contributed by atoms with Crippen LogP contribution in [0.5, 0.6) is 0 Å². The van der Waals surface area contributed by atoms with Crippen LogP contribution < -0.4 is 9.80 Å². The minimum absolute atomic E-state index is 0.461. The van der Waals surface area contributed by atoms with Gasteiger partial charge in [0, 0.05) is 34.1 Å². The van der Waals surface area contributed by atoms with Crippen LogP contribution in [0.25, 0.3) is 86.2 Å². The van der Waals surface area contributed by atoms with Gasteiger partial charge < -0.3 is 9.80 Å². The third-order valence-corrected chi connectivity index (χ3v) is 15.9. The summed E-state index contributed by atoms with van der Waals surface area (Å²) in [7, 11) is 0. The standard InChI is InChI=1S/C70H56N2/c1-5-45(3)49-21-15-23-53(37-49)71(55-31-29-47-17-7-9-19-51(47)39-55)57-33-35-63-65(41-57)59-25-11-13-27-61(59)67-44-70-64-36-34-58(42-66(64)60-26-12-14-28-62(60)68(70)43-69(63)67)72(54-24-16-22-50(38-54)46(4)6-2)56-32-30-48-18-8-10-20-52(48)40-56/h7-46H,5-6H2,1-4H3. The Bertz CT molecular complexity index is 3980. The number of hydrogen-bond donors (Lipinski definition) is 0. The van der Waals surface area contributed by atoms with Gasteiger partial charge in [0.15, 0.2) is 0 Å². The molecule has 72 heavy (non-hydrogen) atoms. The maximum Gasteiger partial charge on any atom is 0.0468 e. The molecule has 2 nitrogen and oxygen atoms in total. The summed E-state index contributed by atoms with van der Waals surface area (Å²) in [5, 5.41) is 20.1. The molecule has 0 spiro atoms. The maximum atomic E-state index is 2.49. The summed E-state index contributed by atoms with van der Waals surface area (Å²) in [5.74, 6) is 0.922. The van der Waals surface area contributed by atoms with Crippen LogP contribution in [0.3, 0.4) is 0 Å². The average molecular weight is 925 g/mol. The van der Waals surface area contributed by atoms with Gasteiger partial charge in [0.05, 0.1) is 0 Å². The van der Waals surface area contributed by atoms with Crippen LogP contribution in [0, 0.1) is 0 Å². The summed E-state index contributed by atoms with van der Waals surface area (Å²) >= 11 is 0. The van der Waals surface area contributed by atoms with Crippen LogP contribution in [0.1, 0.15) is 63.5 Å². The predicted molar refractivity (Wildman–Crippen MR) is 313 cm³/mol. The van der Waals surface area contributed by atoms with E-state index in [9.17, 15) is 0 Å². The van der Waals surface area contributed by atoms with Crippen molar-refractivity contribution < 1.29 is 0 Å². The highest BCUT2D eigenvalue weighted by atomic mass is 15.1. The molecule has 2 unspecified atom stereocenters. The average Bonchev–Trinajstić information content (AvgIpc) is 3.44. The third kappa shape index (κ3) is 7.32. The lowest BCUT2D eigenvalue weighted by atomic mass is 9.88. The Hall–Kier alpha value is -8.46. The van der Waals surface area contributed by atoms with Crippen molar-refractivity contribution in [3.8, 4) is 0 Å². The van der Waals surface area contributed by atoms with Gasteiger partial charge in [0.1, 0.15) is 0 Å². The lowest BCUT2D eigenvalue weighted by Gasteiger charge is -2.28. The highest BCUT2D eigenvalue weighted by molar-refractivity contribution is 6.33. The van der Waals surface area contributed by atoms with Gasteiger partial charge in [0.25, 0.3) is 0 Å². The first kappa shape index (κ1) is 43.6. The number of hydrogen-bond acceptors (Lipinski definition) is 2. The van der Waals surface area contributed by atoms with Gasteiger partial charge >= 0.3 is 0 Å². The van der Waals surface area contributed by atoms with Crippen molar-refractivity contribution in [3.05, 3.63) is 242 Å². The third-order valence-electron chi connectivity index (χ3n) is 15.9. The summed E-state index contributed by atoms with van der Waals surface area (Å²) < 4.78 is 0. The van der Waals surface area contributed by atoms with Gasteiger partial charge in [0.2, 0.25) is 0 Å². The molecule has 0 fully saturated rings. The van der Waals surface area contributed by atoms with Crippen molar-refractivity contribution >= 4 is 120 Å². The molecule has 0 bridgehead atoms. The van der Waals surface area contributed by atoms with E-state index in [-0.39, 0.29) is 0 Å². The summed E-state index contributed by atoms with van der Waals surface area (Å²) in [5.41, 5.74) is 9.62. The molecule has 346 valence electrons. The Labute approximate surface area is 422 Å². The van der Waals surface area contributed by atoms with Crippen molar-refractivity contribution in [1.82, 2.24) is 0 Å². The van der Waals surface area contributed by atoms with Crippen molar-refractivity contribution in [2.45, 2.75) is 52.4 Å². The number of anilines is 6. The fourth-order valence-electron chi connectivity index (χ4n) is 11.6. The molecular weight excluding hydrogens is 869 g/mol. The van der Waals surface area contributed by atoms with Crippen LogP contribution in [0.15, 0.2) is 231 Å². The van der Waals surface area contributed by atoms with E-state index in [0.717, 1.165) is 35.6 Å². The normalized spacial score (nSPS) is 12.7. The molecule has 0 aliphatic heterocycles. The minimum atomic E-state index is 0.461. The fourth-order valence-corrected chi connectivity index (χ4v) is 11.6. The van der Waals surface area contributed by atoms with E-state index in [4.69, 9.17) is 0 Å². The molecule has 13 aromatic rings. The topological polar surface area (TPSA) is 6.48 Å². The van der Waals surface area contributed by atoms with Crippen molar-refractivity contribution in [3.63, 3.8) is 0 Å². The molecule has 0 saturated carbocycles. The van der Waals surface area contributed by atoms with E-state index in [1.165, 1.54) is 109 Å². The highest BCUT2D eigenvalue weighted by Crippen LogP contribution is 2.47. The molecule has 2 atom stereocenters. The van der Waals surface area contributed by atoms with E-state index in [2.05, 4.69) is 268 Å². The second-order valence-corrected chi connectivity index (χ2v) is 20.0. The summed E-state index contributed by atoms with van der Waals surface area (Å²) in [6.07, 6.45) is 2.18. The molecule has 13 aromatic carbocycles. The second kappa shape index (κ2) is 17.7. The SMILES string of the molecule is CCC(C)c1cccc(N(c2ccc3ccccc3c2)c2ccc3c(c2)c2ccccc2c2cc4c5ccc(N(c6cccc(C(C)CC)c6)c6ccc7ccccc7c6)cc5c5ccccc5c4cc32)c1. The molecule has 13 rings (SSSR count). The Morgan fingerprint density at radius 2 is 0.556 bits per heavy atom. The van der Waals surface area contributed by atoms with Gasteiger partial charge in [-0.2, -0.15) is 0 Å². The molecular formula is C70H56N2. The van der Waals surface area contributed by atoms with Gasteiger partial charge in [-0.15, -0.1) is 0 Å². The van der Waals surface area contributed by atoms with Crippen LogP contribution in [0.2, 0.25) is 0 Å². The van der Waals surface area contributed by atoms with E-state index in [0.29, 0.717) is 11.8 Å². The second-order valence-electron chi connectivity index (χ2n) is 20.0. The summed E-state index contributed by atoms with van der Waals surface area (Å²) in [6.45, 7) is 9.21. The molecule has 0 N–H and O–H groups in total. The Morgan fingerprint density at radius 1 is 0.250 bits per heavy atom. The van der Waals surface area contributed by atoms with E-state index < -0.39 is 0 Å². The van der Waals surface area contributed by atoms with Gasteiger partial charge in [-0.1, -0.05) is 173 Å². The Morgan fingerprint density at radius 3 is 0.944 bits per heavy atom. The van der Waals surface area contributed by atoms with Gasteiger partial charge in [-0.05, 0) is 207 Å². The number of benzene rings is 13. The lowest BCUT2D eigenvalue weighted by Crippen LogP contribution is -2.10. The minimum Gasteiger partial charge on any atom is -0.310 e. The highest BCUT2D eigenvalue weighted by Gasteiger charge is 2.21. The maximum absolute atomic E-state index is 2.49. The lowest BCUT2D eigenvalue weighted by molar-refractivity contribution is 0.733. The quantitative estimate of drug-likeness (QED) is 0.0996. The molecule has 0 aromatic heterocycles.